The van der Waals surface area contributed by atoms with Gasteiger partial charge in [-0.2, -0.15) is 0 Å². The quantitative estimate of drug-likeness (QED) is 0.297. The lowest BCUT2D eigenvalue weighted by Crippen LogP contribution is -2.08. The fourth-order valence-electron chi connectivity index (χ4n) is 0.694. The summed E-state index contributed by atoms with van der Waals surface area (Å²) in [5.41, 5.74) is -0.394. The monoisotopic (exact) mass is 187 g/mol. The fraction of sp³-hybridized carbons (Fsp3) is 0.200. The summed E-state index contributed by atoms with van der Waals surface area (Å²) in [5, 5.41) is 22.1. The molecule has 0 fully saturated rings. The van der Waals surface area contributed by atoms with Crippen molar-refractivity contribution >= 4 is 11.8 Å². The minimum atomic E-state index is -0.900. The molecular weight excluding hydrogens is 182 g/mol. The highest BCUT2D eigenvalue weighted by Crippen LogP contribution is 2.10. The first-order valence-electron chi connectivity index (χ1n) is 3.08. The maximum atomic E-state index is 10.8. The summed E-state index contributed by atoms with van der Waals surface area (Å²) in [4.78, 5) is 20.2. The SMILES string of the molecule is COC(=O)c1cc([N+](=O)[O-])nn1O. The standard InChI is InChI=1S/C5H5N3O5/c1-13-5(9)3-2-4(8(11)12)6-7(3)10/h2,10H,1H3. The molecular formula is C5H5N3O5. The Bertz CT molecular complexity index is 357. The molecule has 0 amide bonds. The van der Waals surface area contributed by atoms with Crippen molar-refractivity contribution in [3.05, 3.63) is 21.9 Å². The molecule has 0 aliphatic heterocycles. The maximum absolute atomic E-state index is 10.8. The molecule has 8 heteroatoms. The van der Waals surface area contributed by atoms with Gasteiger partial charge in [-0.05, 0) is 4.92 Å². The number of aromatic nitrogens is 2. The van der Waals surface area contributed by atoms with Gasteiger partial charge in [0.15, 0.2) is 0 Å². The van der Waals surface area contributed by atoms with Gasteiger partial charge in [0.05, 0.1) is 18.3 Å². The lowest BCUT2D eigenvalue weighted by molar-refractivity contribution is -0.390. The average Bonchev–Trinajstić information content (AvgIpc) is 2.46. The van der Waals surface area contributed by atoms with E-state index in [2.05, 4.69) is 9.84 Å². The first-order chi connectivity index (χ1) is 6.06. The van der Waals surface area contributed by atoms with Crippen LogP contribution >= 0.6 is 0 Å². The highest BCUT2D eigenvalue weighted by Gasteiger charge is 2.23. The van der Waals surface area contributed by atoms with Crippen molar-refractivity contribution in [3.63, 3.8) is 0 Å². The highest BCUT2D eigenvalue weighted by molar-refractivity contribution is 5.87. The van der Waals surface area contributed by atoms with Crippen molar-refractivity contribution in [1.29, 1.82) is 0 Å². The summed E-state index contributed by atoms with van der Waals surface area (Å²) in [6, 6.07) is 0.811. The molecule has 1 heterocycles. The van der Waals surface area contributed by atoms with Crippen LogP contribution in [0.2, 0.25) is 0 Å². The Kier molecular flexibility index (Phi) is 2.13. The van der Waals surface area contributed by atoms with Crippen molar-refractivity contribution in [3.8, 4) is 0 Å². The van der Waals surface area contributed by atoms with Crippen molar-refractivity contribution in [2.45, 2.75) is 0 Å². The smallest absolute Gasteiger partial charge is 0.394 e. The molecule has 0 radical (unpaired) electrons. The number of ether oxygens (including phenoxy) is 1. The van der Waals surface area contributed by atoms with E-state index in [0.717, 1.165) is 13.2 Å². The van der Waals surface area contributed by atoms with E-state index in [1.165, 1.54) is 0 Å². The first kappa shape index (κ1) is 8.97. The molecule has 0 aliphatic carbocycles. The Morgan fingerprint density at radius 3 is 2.85 bits per heavy atom. The Labute approximate surface area is 71.4 Å². The molecule has 8 nitrogen and oxygen atoms in total. The van der Waals surface area contributed by atoms with Crippen LogP contribution in [-0.4, -0.2) is 33.2 Å². The van der Waals surface area contributed by atoms with E-state index in [0.29, 0.717) is 0 Å². The van der Waals surface area contributed by atoms with Gasteiger partial charge in [-0.25, -0.2) is 4.79 Å². The first-order valence-corrected chi connectivity index (χ1v) is 3.08. The van der Waals surface area contributed by atoms with Crippen LogP contribution in [0.4, 0.5) is 5.82 Å². The van der Waals surface area contributed by atoms with Crippen LogP contribution in [0.1, 0.15) is 10.5 Å². The zero-order chi connectivity index (χ0) is 10.0. The number of nitrogens with zero attached hydrogens (tertiary/aromatic N) is 3. The lowest BCUT2D eigenvalue weighted by Gasteiger charge is -1.91. The molecule has 1 N–H and O–H groups in total. The van der Waals surface area contributed by atoms with E-state index in [4.69, 9.17) is 5.21 Å². The topological polar surface area (TPSA) is 107 Å². The van der Waals surface area contributed by atoms with Crippen LogP contribution in [0.5, 0.6) is 0 Å². The lowest BCUT2D eigenvalue weighted by atomic mass is 10.4. The molecule has 0 aliphatic rings. The third-order valence-corrected chi connectivity index (χ3v) is 1.26. The third kappa shape index (κ3) is 1.55. The van der Waals surface area contributed by atoms with Gasteiger partial charge in [-0.15, -0.1) is 0 Å². The molecule has 0 aromatic carbocycles. The van der Waals surface area contributed by atoms with E-state index >= 15 is 0 Å². The average molecular weight is 187 g/mol. The molecule has 0 unspecified atom stereocenters. The van der Waals surface area contributed by atoms with Gasteiger partial charge in [0, 0.05) is 4.85 Å². The second-order valence-corrected chi connectivity index (χ2v) is 2.03. The Hall–Kier alpha value is -2.12. The van der Waals surface area contributed by atoms with Crippen LogP contribution in [-0.2, 0) is 4.74 Å². The molecule has 1 rings (SSSR count). The minimum Gasteiger partial charge on any atom is -0.464 e. The third-order valence-electron chi connectivity index (χ3n) is 1.26. The fourth-order valence-corrected chi connectivity index (χ4v) is 0.694. The normalized spacial score (nSPS) is 9.62. The number of hydrogen-bond acceptors (Lipinski definition) is 6. The van der Waals surface area contributed by atoms with E-state index in [1.807, 2.05) is 0 Å². The van der Waals surface area contributed by atoms with E-state index in [1.54, 1.807) is 0 Å². The molecule has 0 saturated carbocycles. The predicted molar refractivity (Wildman–Crippen MR) is 37.4 cm³/mol. The number of esters is 1. The van der Waals surface area contributed by atoms with Crippen LogP contribution in [0.25, 0.3) is 0 Å². The number of nitro groups is 1. The van der Waals surface area contributed by atoms with Crippen LogP contribution in [0.15, 0.2) is 6.07 Å². The molecule has 0 atom stereocenters. The summed E-state index contributed by atoms with van der Waals surface area (Å²) < 4.78 is 4.23. The summed E-state index contributed by atoms with van der Waals surface area (Å²) in [5.74, 6) is -1.52. The summed E-state index contributed by atoms with van der Waals surface area (Å²) in [7, 11) is 1.08. The molecule has 1 aromatic rings. The van der Waals surface area contributed by atoms with Gasteiger partial charge in [0.1, 0.15) is 0 Å². The van der Waals surface area contributed by atoms with E-state index in [-0.39, 0.29) is 4.85 Å². The van der Waals surface area contributed by atoms with Gasteiger partial charge in [-0.3, -0.25) is 0 Å². The Balaban J connectivity index is 3.10. The molecule has 70 valence electrons. The Morgan fingerprint density at radius 2 is 2.46 bits per heavy atom. The Morgan fingerprint density at radius 1 is 1.85 bits per heavy atom. The molecule has 13 heavy (non-hydrogen) atoms. The van der Waals surface area contributed by atoms with Crippen molar-refractivity contribution in [2.24, 2.45) is 0 Å². The van der Waals surface area contributed by atoms with Crippen LogP contribution < -0.4 is 0 Å². The zero-order valence-corrected chi connectivity index (χ0v) is 6.50. The summed E-state index contributed by atoms with van der Waals surface area (Å²) in [6.45, 7) is 0. The summed E-state index contributed by atoms with van der Waals surface area (Å²) >= 11 is 0. The maximum Gasteiger partial charge on any atom is 0.394 e. The molecule has 0 spiro atoms. The van der Waals surface area contributed by atoms with Gasteiger partial charge >= 0.3 is 11.8 Å². The number of hydrogen-bond donors (Lipinski definition) is 1. The number of rotatable bonds is 2. The second kappa shape index (κ2) is 3.09. The number of methoxy groups -OCH3 is 1. The molecule has 1 aromatic heterocycles. The zero-order valence-electron chi connectivity index (χ0n) is 6.50. The van der Waals surface area contributed by atoms with Gasteiger partial charge in [-0.1, -0.05) is 0 Å². The largest absolute Gasteiger partial charge is 0.464 e. The highest BCUT2D eigenvalue weighted by atomic mass is 16.6. The van der Waals surface area contributed by atoms with Gasteiger partial charge < -0.3 is 20.1 Å². The number of carbonyl (C=O) groups excluding carboxylic acids is 1. The summed E-state index contributed by atoms with van der Waals surface area (Å²) in [6.07, 6.45) is 0. The number of carbonyl (C=O) groups is 1. The minimum absolute atomic E-state index is 0.101. The van der Waals surface area contributed by atoms with Crippen LogP contribution in [0, 0.1) is 10.1 Å². The van der Waals surface area contributed by atoms with Crippen molar-refractivity contribution in [1.82, 2.24) is 9.94 Å². The van der Waals surface area contributed by atoms with Crippen molar-refractivity contribution in [2.75, 3.05) is 7.11 Å². The van der Waals surface area contributed by atoms with E-state index < -0.39 is 22.4 Å². The second-order valence-electron chi connectivity index (χ2n) is 2.03. The predicted octanol–water partition coefficient (Wildman–Crippen LogP) is -0.185. The van der Waals surface area contributed by atoms with Crippen molar-refractivity contribution < 1.29 is 19.7 Å². The van der Waals surface area contributed by atoms with Gasteiger partial charge in [0.2, 0.25) is 5.69 Å². The molecule has 0 bridgehead atoms. The molecule has 0 saturated heterocycles. The van der Waals surface area contributed by atoms with E-state index in [9.17, 15) is 14.9 Å². The van der Waals surface area contributed by atoms with Gasteiger partial charge in [0.25, 0.3) is 0 Å². The van der Waals surface area contributed by atoms with Crippen LogP contribution in [0.3, 0.4) is 0 Å².